The molecule has 2 heterocycles. The lowest BCUT2D eigenvalue weighted by molar-refractivity contribution is 0.0535. The second-order valence-corrected chi connectivity index (χ2v) is 12.1. The first kappa shape index (κ1) is 29.1. The highest BCUT2D eigenvalue weighted by molar-refractivity contribution is 5.73. The van der Waals surface area contributed by atoms with Crippen LogP contribution >= 0.6 is 0 Å². The standard InChI is InChI=1S/C37H47N3O/c1-8-12-29-13-14-30-22-28(9-2)34(23-33(29)30)32-15-16-36(40-17-11-18-40)38-35(32)24-39(7)27(6)37(41-10-3)31-20-25(4)19-26(5)21-31/h8,10,15-16,19-23,27,29,37H,1,3,9,11-14,17-18,24H2,2,4-7H3. The van der Waals surface area contributed by atoms with Gasteiger partial charge in [0.2, 0.25) is 0 Å². The molecule has 0 N–H and O–H groups in total. The predicted octanol–water partition coefficient (Wildman–Crippen LogP) is 8.47. The maximum atomic E-state index is 6.17. The van der Waals surface area contributed by atoms with Crippen molar-refractivity contribution in [1.82, 2.24) is 9.88 Å². The van der Waals surface area contributed by atoms with Gasteiger partial charge in [0.05, 0.1) is 12.0 Å². The van der Waals surface area contributed by atoms with Gasteiger partial charge in [-0.15, -0.1) is 6.58 Å². The Bertz CT molecular complexity index is 1390. The second kappa shape index (κ2) is 12.7. The van der Waals surface area contributed by atoms with Crippen molar-refractivity contribution in [2.24, 2.45) is 0 Å². The van der Waals surface area contributed by atoms with E-state index in [0.29, 0.717) is 5.92 Å². The van der Waals surface area contributed by atoms with Crippen molar-refractivity contribution in [3.63, 3.8) is 0 Å². The lowest BCUT2D eigenvalue weighted by Crippen LogP contribution is -2.38. The van der Waals surface area contributed by atoms with E-state index in [1.165, 1.54) is 63.8 Å². The van der Waals surface area contributed by atoms with Crippen LogP contribution in [0.2, 0.25) is 0 Å². The smallest absolute Gasteiger partial charge is 0.138 e. The number of fused-ring (bicyclic) bond motifs is 1. The van der Waals surface area contributed by atoms with Crippen molar-refractivity contribution in [2.75, 3.05) is 25.0 Å². The molecule has 2 aromatic carbocycles. The first-order valence-electron chi connectivity index (χ1n) is 15.4. The van der Waals surface area contributed by atoms with Crippen molar-refractivity contribution < 1.29 is 4.74 Å². The van der Waals surface area contributed by atoms with Crippen LogP contribution in [0.4, 0.5) is 5.82 Å². The molecule has 0 radical (unpaired) electrons. The topological polar surface area (TPSA) is 28.6 Å². The Balaban J connectivity index is 1.53. The summed E-state index contributed by atoms with van der Waals surface area (Å²) in [6.07, 6.45) is 9.22. The van der Waals surface area contributed by atoms with Crippen molar-refractivity contribution in [3.05, 3.63) is 107 Å². The molecule has 3 atom stereocenters. The Kier molecular flexibility index (Phi) is 8.99. The van der Waals surface area contributed by atoms with Crippen molar-refractivity contribution in [2.45, 2.75) is 84.4 Å². The average Bonchev–Trinajstić information content (AvgIpc) is 3.31. The van der Waals surface area contributed by atoms with Gasteiger partial charge in [-0.2, -0.15) is 0 Å². The van der Waals surface area contributed by atoms with E-state index in [-0.39, 0.29) is 12.1 Å². The normalized spacial score (nSPS) is 17.6. The van der Waals surface area contributed by atoms with E-state index in [1.807, 2.05) is 0 Å². The number of aromatic nitrogens is 1. The second-order valence-electron chi connectivity index (χ2n) is 12.1. The molecular formula is C37H47N3O. The van der Waals surface area contributed by atoms with Crippen LogP contribution in [0.3, 0.4) is 0 Å². The molecule has 216 valence electrons. The predicted molar refractivity (Wildman–Crippen MR) is 173 cm³/mol. The third-order valence-corrected chi connectivity index (χ3v) is 9.18. The van der Waals surface area contributed by atoms with E-state index in [9.17, 15) is 0 Å². The molecule has 0 saturated carbocycles. The highest BCUT2D eigenvalue weighted by atomic mass is 16.5. The fourth-order valence-electron chi connectivity index (χ4n) is 6.72. The van der Waals surface area contributed by atoms with E-state index in [4.69, 9.17) is 9.72 Å². The Morgan fingerprint density at radius 3 is 2.46 bits per heavy atom. The molecule has 4 nitrogen and oxygen atoms in total. The van der Waals surface area contributed by atoms with E-state index in [0.717, 1.165) is 44.0 Å². The summed E-state index contributed by atoms with van der Waals surface area (Å²) in [5, 5.41) is 0. The molecule has 5 rings (SSSR count). The van der Waals surface area contributed by atoms with Crippen LogP contribution in [0.25, 0.3) is 11.1 Å². The Hall–Kier alpha value is -3.37. The lowest BCUT2D eigenvalue weighted by atomic mass is 9.89. The number of ether oxygens (including phenoxy) is 1. The van der Waals surface area contributed by atoms with Crippen molar-refractivity contribution in [1.29, 1.82) is 0 Å². The van der Waals surface area contributed by atoms with Gasteiger partial charge in [0.1, 0.15) is 11.9 Å². The van der Waals surface area contributed by atoms with Gasteiger partial charge in [-0.1, -0.05) is 61.0 Å². The molecule has 0 amide bonds. The quantitative estimate of drug-likeness (QED) is 0.167. The number of rotatable bonds is 12. The van der Waals surface area contributed by atoms with Crippen LogP contribution in [0, 0.1) is 13.8 Å². The molecule has 1 aliphatic heterocycles. The number of nitrogens with zero attached hydrogens (tertiary/aromatic N) is 3. The molecule has 1 saturated heterocycles. The third-order valence-electron chi connectivity index (χ3n) is 9.18. The van der Waals surface area contributed by atoms with Crippen LogP contribution < -0.4 is 4.90 Å². The van der Waals surface area contributed by atoms with Crippen LogP contribution in [0.1, 0.15) is 84.2 Å². The van der Waals surface area contributed by atoms with E-state index in [1.54, 1.807) is 6.26 Å². The third kappa shape index (κ3) is 6.13. The first-order valence-corrected chi connectivity index (χ1v) is 15.4. The van der Waals surface area contributed by atoms with Gasteiger partial charge >= 0.3 is 0 Å². The molecule has 41 heavy (non-hydrogen) atoms. The number of likely N-dealkylation sites (N-methyl/N-ethyl adjacent to an activating group) is 1. The highest BCUT2D eigenvalue weighted by Crippen LogP contribution is 2.41. The Morgan fingerprint density at radius 1 is 1.07 bits per heavy atom. The zero-order valence-electron chi connectivity index (χ0n) is 25.7. The van der Waals surface area contributed by atoms with Crippen LogP contribution in [-0.4, -0.2) is 36.1 Å². The first-order chi connectivity index (χ1) is 19.8. The molecule has 0 spiro atoms. The largest absolute Gasteiger partial charge is 0.492 e. The van der Waals surface area contributed by atoms with Crippen LogP contribution in [0.15, 0.2) is 68.0 Å². The van der Waals surface area contributed by atoms with Gasteiger partial charge in [0, 0.05) is 31.2 Å². The van der Waals surface area contributed by atoms with Gasteiger partial charge < -0.3 is 9.64 Å². The number of allylic oxidation sites excluding steroid dienone is 1. The summed E-state index contributed by atoms with van der Waals surface area (Å²) in [6.45, 7) is 19.7. The summed E-state index contributed by atoms with van der Waals surface area (Å²) in [5.41, 5.74) is 11.9. The monoisotopic (exact) mass is 549 g/mol. The minimum atomic E-state index is -0.121. The molecule has 0 bridgehead atoms. The molecular weight excluding hydrogens is 502 g/mol. The van der Waals surface area contributed by atoms with E-state index in [2.05, 4.69) is 106 Å². The average molecular weight is 550 g/mol. The zero-order chi connectivity index (χ0) is 29.1. The number of anilines is 1. The minimum absolute atomic E-state index is 0.110. The van der Waals surface area contributed by atoms with Gasteiger partial charge in [-0.05, 0) is 106 Å². The summed E-state index contributed by atoms with van der Waals surface area (Å²) < 4.78 is 6.17. The minimum Gasteiger partial charge on any atom is -0.492 e. The summed E-state index contributed by atoms with van der Waals surface area (Å²) in [5.74, 6) is 1.66. The molecule has 3 aromatic rings. The number of pyridine rings is 1. The van der Waals surface area contributed by atoms with Crippen molar-refractivity contribution in [3.8, 4) is 11.1 Å². The maximum Gasteiger partial charge on any atom is 0.138 e. The number of aryl methyl sites for hydroxylation is 4. The summed E-state index contributed by atoms with van der Waals surface area (Å²) in [6, 6.07) is 16.3. The summed E-state index contributed by atoms with van der Waals surface area (Å²) >= 11 is 0. The van der Waals surface area contributed by atoms with Gasteiger partial charge in [-0.25, -0.2) is 4.98 Å². The van der Waals surface area contributed by atoms with Crippen LogP contribution in [0.5, 0.6) is 0 Å². The fraction of sp³-hybridized carbons (Fsp3) is 0.432. The SMILES string of the molecule is C=CCC1CCc2cc(CC)c(-c3ccc(N4CCC4)nc3CN(C)C(C)C(OC=C)c3cc(C)cc(C)c3)cc21. The van der Waals surface area contributed by atoms with E-state index < -0.39 is 0 Å². The molecule has 4 heteroatoms. The maximum absolute atomic E-state index is 6.17. The summed E-state index contributed by atoms with van der Waals surface area (Å²) in [7, 11) is 2.19. The van der Waals surface area contributed by atoms with Gasteiger partial charge in [0.15, 0.2) is 0 Å². The van der Waals surface area contributed by atoms with E-state index >= 15 is 0 Å². The lowest BCUT2D eigenvalue weighted by Gasteiger charge is -2.34. The zero-order valence-corrected chi connectivity index (χ0v) is 25.7. The van der Waals surface area contributed by atoms with Crippen LogP contribution in [-0.2, 0) is 24.1 Å². The Labute approximate surface area is 247 Å². The molecule has 1 aromatic heterocycles. The van der Waals surface area contributed by atoms with Gasteiger partial charge in [-0.3, -0.25) is 4.90 Å². The molecule has 3 unspecified atom stereocenters. The molecule has 1 aliphatic carbocycles. The molecule has 2 aliphatic rings. The number of hydrogen-bond donors (Lipinski definition) is 0. The number of hydrogen-bond acceptors (Lipinski definition) is 4. The van der Waals surface area contributed by atoms with Gasteiger partial charge in [0.25, 0.3) is 0 Å². The molecule has 1 fully saturated rings. The number of benzene rings is 2. The Morgan fingerprint density at radius 2 is 1.83 bits per heavy atom. The summed E-state index contributed by atoms with van der Waals surface area (Å²) in [4.78, 5) is 10.1. The highest BCUT2D eigenvalue weighted by Gasteiger charge is 2.28. The fourth-order valence-corrected chi connectivity index (χ4v) is 6.72. The van der Waals surface area contributed by atoms with Crippen molar-refractivity contribution >= 4 is 5.82 Å².